The van der Waals surface area contributed by atoms with E-state index < -0.39 is 18.2 Å². The quantitative estimate of drug-likeness (QED) is 0.522. The number of cyclic esters (lactones) is 1. The molecule has 4 rings (SSSR count). The van der Waals surface area contributed by atoms with Gasteiger partial charge >= 0.3 is 5.97 Å². The van der Waals surface area contributed by atoms with E-state index in [9.17, 15) is 14.3 Å². The average molecular weight is 432 g/mol. The Morgan fingerprint density at radius 1 is 1.09 bits per heavy atom. The number of aliphatic hydroxyl groups is 1. The zero-order valence-electron chi connectivity index (χ0n) is 18.2. The first-order valence-electron chi connectivity index (χ1n) is 10.8. The van der Waals surface area contributed by atoms with E-state index in [1.807, 2.05) is 48.6 Å². The lowest BCUT2D eigenvalue weighted by Crippen LogP contribution is -2.31. The summed E-state index contributed by atoms with van der Waals surface area (Å²) in [4.78, 5) is 16.7. The van der Waals surface area contributed by atoms with E-state index >= 15 is 0 Å². The van der Waals surface area contributed by atoms with Gasteiger partial charge in [0.05, 0.1) is 23.9 Å². The Morgan fingerprint density at radius 2 is 1.81 bits per heavy atom. The van der Waals surface area contributed by atoms with Crippen LogP contribution in [-0.2, 0) is 9.53 Å². The second-order valence-corrected chi connectivity index (χ2v) is 8.36. The number of carbonyl (C=O) groups excluding carboxylic acids is 1. The highest BCUT2D eigenvalue weighted by Gasteiger charge is 2.25. The number of pyridine rings is 1. The van der Waals surface area contributed by atoms with Crippen molar-refractivity contribution in [2.75, 3.05) is 0 Å². The fourth-order valence-electron chi connectivity index (χ4n) is 3.95. The molecule has 1 aliphatic rings. The number of rotatable bonds is 5. The van der Waals surface area contributed by atoms with E-state index in [0.717, 1.165) is 33.6 Å². The summed E-state index contributed by atoms with van der Waals surface area (Å²) in [6.45, 7) is 4.15. The molecule has 0 amide bonds. The van der Waals surface area contributed by atoms with Crippen molar-refractivity contribution in [3.63, 3.8) is 0 Å². The fraction of sp³-hybridized carbons (Fsp3) is 0.259. The number of aromatic nitrogens is 1. The third-order valence-corrected chi connectivity index (χ3v) is 5.53. The molecular weight excluding hydrogens is 405 g/mol. The van der Waals surface area contributed by atoms with Gasteiger partial charge in [0.2, 0.25) is 0 Å². The number of halogens is 1. The van der Waals surface area contributed by atoms with Crippen LogP contribution >= 0.6 is 0 Å². The lowest BCUT2D eigenvalue weighted by atomic mass is 9.91. The molecule has 2 aromatic carbocycles. The SMILES string of the molecule is CC(C)c1nc(-c2ccc(F)cc2)cc(-c2ccccc2)c1C=C[C@@H]1C[C@@H](O)CC(=O)O1. The molecule has 2 heterocycles. The Balaban J connectivity index is 1.84. The van der Waals surface area contributed by atoms with Gasteiger partial charge in [0, 0.05) is 17.5 Å². The summed E-state index contributed by atoms with van der Waals surface area (Å²) in [5, 5.41) is 9.93. The smallest absolute Gasteiger partial charge is 0.309 e. The molecule has 0 radical (unpaired) electrons. The summed E-state index contributed by atoms with van der Waals surface area (Å²) in [7, 11) is 0. The molecule has 1 aliphatic heterocycles. The highest BCUT2D eigenvalue weighted by atomic mass is 19.1. The summed E-state index contributed by atoms with van der Waals surface area (Å²) in [5.74, 6) is -0.558. The van der Waals surface area contributed by atoms with E-state index in [1.165, 1.54) is 12.1 Å². The van der Waals surface area contributed by atoms with Crippen molar-refractivity contribution in [1.29, 1.82) is 0 Å². The van der Waals surface area contributed by atoms with Gasteiger partial charge in [-0.2, -0.15) is 0 Å². The molecule has 1 fully saturated rings. The van der Waals surface area contributed by atoms with Gasteiger partial charge in [-0.25, -0.2) is 4.39 Å². The molecule has 3 aromatic rings. The molecule has 0 unspecified atom stereocenters. The van der Waals surface area contributed by atoms with Crippen LogP contribution in [0.3, 0.4) is 0 Å². The zero-order chi connectivity index (χ0) is 22.7. The monoisotopic (exact) mass is 431 g/mol. The third-order valence-electron chi connectivity index (χ3n) is 5.53. The van der Waals surface area contributed by atoms with Gasteiger partial charge in [0.25, 0.3) is 0 Å². The Hall–Kier alpha value is -3.31. The van der Waals surface area contributed by atoms with Gasteiger partial charge in [-0.05, 0) is 53.5 Å². The van der Waals surface area contributed by atoms with E-state index in [-0.39, 0.29) is 18.2 Å². The van der Waals surface area contributed by atoms with E-state index in [2.05, 4.69) is 13.8 Å². The molecule has 0 spiro atoms. The number of benzene rings is 2. The molecule has 0 aliphatic carbocycles. The van der Waals surface area contributed by atoms with Gasteiger partial charge in [0.15, 0.2) is 0 Å². The first-order valence-corrected chi connectivity index (χ1v) is 10.8. The van der Waals surface area contributed by atoms with Crippen LogP contribution in [-0.4, -0.2) is 28.3 Å². The van der Waals surface area contributed by atoms with Crippen LogP contribution in [0.4, 0.5) is 4.39 Å². The minimum Gasteiger partial charge on any atom is -0.458 e. The normalized spacial score (nSPS) is 18.8. The lowest BCUT2D eigenvalue weighted by Gasteiger charge is -2.24. The topological polar surface area (TPSA) is 59.4 Å². The van der Waals surface area contributed by atoms with Gasteiger partial charge in [-0.3, -0.25) is 9.78 Å². The van der Waals surface area contributed by atoms with E-state index in [4.69, 9.17) is 9.72 Å². The molecule has 0 bridgehead atoms. The first-order chi connectivity index (χ1) is 15.4. The molecular formula is C27H26FNO3. The Labute approximate surface area is 187 Å². The molecule has 5 heteroatoms. The number of nitrogens with zero attached hydrogens (tertiary/aromatic N) is 1. The maximum atomic E-state index is 13.5. The maximum Gasteiger partial charge on any atom is 0.309 e. The minimum absolute atomic E-state index is 0.0325. The summed E-state index contributed by atoms with van der Waals surface area (Å²) < 4.78 is 18.9. The van der Waals surface area contributed by atoms with Crippen molar-refractivity contribution >= 4 is 12.0 Å². The van der Waals surface area contributed by atoms with Crippen LogP contribution in [0.5, 0.6) is 0 Å². The number of hydrogen-bond donors (Lipinski definition) is 1. The average Bonchev–Trinajstić information content (AvgIpc) is 2.77. The second-order valence-electron chi connectivity index (χ2n) is 8.36. The van der Waals surface area contributed by atoms with Crippen LogP contribution in [0.2, 0.25) is 0 Å². The molecule has 32 heavy (non-hydrogen) atoms. The Kier molecular flexibility index (Phi) is 6.47. The van der Waals surface area contributed by atoms with Crippen LogP contribution in [0.25, 0.3) is 28.5 Å². The minimum atomic E-state index is -0.692. The molecule has 4 nitrogen and oxygen atoms in total. The van der Waals surface area contributed by atoms with Crippen LogP contribution in [0.1, 0.15) is 43.9 Å². The number of esters is 1. The number of aliphatic hydroxyl groups excluding tert-OH is 1. The van der Waals surface area contributed by atoms with Crippen molar-refractivity contribution in [2.24, 2.45) is 0 Å². The molecule has 164 valence electrons. The predicted molar refractivity (Wildman–Crippen MR) is 123 cm³/mol. The fourth-order valence-corrected chi connectivity index (χ4v) is 3.95. The van der Waals surface area contributed by atoms with Crippen LogP contribution in [0.15, 0.2) is 66.7 Å². The molecule has 1 aromatic heterocycles. The summed E-state index contributed by atoms with van der Waals surface area (Å²) in [6.07, 6.45) is 3.00. The predicted octanol–water partition coefficient (Wildman–Crippen LogP) is 5.76. The largest absolute Gasteiger partial charge is 0.458 e. The van der Waals surface area contributed by atoms with Crippen molar-refractivity contribution in [3.8, 4) is 22.4 Å². The van der Waals surface area contributed by atoms with E-state index in [0.29, 0.717) is 6.42 Å². The Morgan fingerprint density at radius 3 is 2.47 bits per heavy atom. The molecule has 2 atom stereocenters. The van der Waals surface area contributed by atoms with Gasteiger partial charge in [-0.1, -0.05) is 50.3 Å². The van der Waals surface area contributed by atoms with Gasteiger partial charge < -0.3 is 9.84 Å². The second kappa shape index (κ2) is 9.45. The third kappa shape index (κ3) is 4.94. The Bertz CT molecular complexity index is 1120. The highest BCUT2D eigenvalue weighted by Crippen LogP contribution is 2.34. The van der Waals surface area contributed by atoms with Crippen molar-refractivity contribution < 1.29 is 19.0 Å². The molecule has 0 saturated carbocycles. The van der Waals surface area contributed by atoms with Crippen molar-refractivity contribution in [3.05, 3.63) is 83.8 Å². The summed E-state index contributed by atoms with van der Waals surface area (Å²) in [6, 6.07) is 18.3. The summed E-state index contributed by atoms with van der Waals surface area (Å²) >= 11 is 0. The molecule has 1 saturated heterocycles. The first kappa shape index (κ1) is 21.9. The maximum absolute atomic E-state index is 13.5. The van der Waals surface area contributed by atoms with Crippen molar-refractivity contribution in [2.45, 2.75) is 44.8 Å². The van der Waals surface area contributed by atoms with Crippen molar-refractivity contribution in [1.82, 2.24) is 4.98 Å². The van der Waals surface area contributed by atoms with Crippen LogP contribution < -0.4 is 0 Å². The van der Waals surface area contributed by atoms with Gasteiger partial charge in [0.1, 0.15) is 11.9 Å². The zero-order valence-corrected chi connectivity index (χ0v) is 18.2. The standard InChI is InChI=1S/C27H26FNO3/c1-17(2)27-23(13-12-22-14-21(30)15-26(31)32-22)24(18-6-4-3-5-7-18)16-25(29-27)19-8-10-20(28)11-9-19/h3-13,16-17,21-22,30H,14-15H2,1-2H3/t21-,22-/m1/s1. The molecule has 1 N–H and O–H groups in total. The van der Waals surface area contributed by atoms with Crippen LogP contribution in [0, 0.1) is 5.82 Å². The number of ether oxygens (including phenoxy) is 1. The number of hydrogen-bond acceptors (Lipinski definition) is 4. The summed E-state index contributed by atoms with van der Waals surface area (Å²) in [5.41, 5.74) is 5.45. The highest BCUT2D eigenvalue weighted by molar-refractivity contribution is 5.81. The lowest BCUT2D eigenvalue weighted by molar-refractivity contribution is -0.156. The van der Waals surface area contributed by atoms with Gasteiger partial charge in [-0.15, -0.1) is 0 Å². The number of carbonyl (C=O) groups is 1. The van der Waals surface area contributed by atoms with E-state index in [1.54, 1.807) is 12.1 Å².